The lowest BCUT2D eigenvalue weighted by molar-refractivity contribution is -0.132. The Hall–Kier alpha value is -1.38. The van der Waals surface area contributed by atoms with Gasteiger partial charge < -0.3 is 14.4 Å². The van der Waals surface area contributed by atoms with E-state index >= 15 is 0 Å². The van der Waals surface area contributed by atoms with E-state index in [4.69, 9.17) is 0 Å². The molecule has 1 aliphatic heterocycles. The van der Waals surface area contributed by atoms with Crippen molar-refractivity contribution in [2.45, 2.75) is 49.6 Å². The van der Waals surface area contributed by atoms with Crippen LogP contribution in [0.25, 0.3) is 0 Å². The Kier molecular flexibility index (Phi) is 5.85. The van der Waals surface area contributed by atoms with Crippen molar-refractivity contribution in [2.75, 3.05) is 32.7 Å². The lowest BCUT2D eigenvalue weighted by Gasteiger charge is -2.35. The molecule has 0 N–H and O–H groups in total. The van der Waals surface area contributed by atoms with Crippen molar-refractivity contribution < 1.29 is 4.79 Å². The second-order valence-electron chi connectivity index (χ2n) is 7.28. The third kappa shape index (κ3) is 4.38. The summed E-state index contributed by atoms with van der Waals surface area (Å²) in [7, 11) is 0. The van der Waals surface area contributed by atoms with Crippen molar-refractivity contribution in [3.63, 3.8) is 0 Å². The van der Waals surface area contributed by atoms with Crippen molar-refractivity contribution in [1.29, 1.82) is 0 Å². The number of carbonyl (C=O) groups is 1. The van der Waals surface area contributed by atoms with E-state index in [9.17, 15) is 4.79 Å². The largest absolute Gasteiger partial charge is 0.339 e. The number of hydrogen-bond donors (Lipinski definition) is 0. The number of rotatable bonds is 7. The summed E-state index contributed by atoms with van der Waals surface area (Å²) in [5, 5.41) is 11.8. The molecule has 1 saturated heterocycles. The third-order valence-electron chi connectivity index (χ3n) is 5.32. The third-order valence-corrected chi connectivity index (χ3v) is 7.24. The molecule has 6 nitrogen and oxygen atoms in total. The second kappa shape index (κ2) is 8.32. The van der Waals surface area contributed by atoms with Gasteiger partial charge in [-0.1, -0.05) is 24.8 Å². The molecule has 2 aromatic heterocycles. The van der Waals surface area contributed by atoms with Gasteiger partial charge in [0.15, 0.2) is 5.16 Å². The molecular formula is C19H27N5OS2. The monoisotopic (exact) mass is 405 g/mol. The van der Waals surface area contributed by atoms with Crippen LogP contribution in [0, 0.1) is 0 Å². The van der Waals surface area contributed by atoms with Crippen LogP contribution in [-0.2, 0) is 11.2 Å². The van der Waals surface area contributed by atoms with Crippen molar-refractivity contribution in [3.05, 3.63) is 28.2 Å². The van der Waals surface area contributed by atoms with Crippen molar-refractivity contribution >= 4 is 29.0 Å². The van der Waals surface area contributed by atoms with Crippen molar-refractivity contribution in [1.82, 2.24) is 24.6 Å². The molecule has 1 aliphatic carbocycles. The number of amides is 1. The molecule has 1 atom stereocenters. The summed E-state index contributed by atoms with van der Waals surface area (Å²) in [5.74, 6) is 1.25. The Balaban J connectivity index is 1.42. The minimum Gasteiger partial charge on any atom is -0.339 e. The van der Waals surface area contributed by atoms with Gasteiger partial charge >= 0.3 is 0 Å². The van der Waals surface area contributed by atoms with E-state index in [-0.39, 0.29) is 11.2 Å². The van der Waals surface area contributed by atoms with E-state index in [1.807, 2.05) is 11.8 Å². The highest BCUT2D eigenvalue weighted by molar-refractivity contribution is 8.00. The Morgan fingerprint density at radius 1 is 1.30 bits per heavy atom. The standard InChI is InChI=1S/C19H27N5OS2/c1-3-22-8-10-23(11-9-22)18(25)14(2)27-19-21-20-17(24(19)15-6-7-15)13-16-5-4-12-26-16/h4-5,12,14-15H,3,6-11,13H2,1-2H3. The molecule has 2 aromatic rings. The van der Waals surface area contributed by atoms with Crippen LogP contribution < -0.4 is 0 Å². The zero-order valence-electron chi connectivity index (χ0n) is 16.0. The molecule has 27 heavy (non-hydrogen) atoms. The first-order valence-corrected chi connectivity index (χ1v) is 11.6. The molecular weight excluding hydrogens is 378 g/mol. The fraction of sp³-hybridized carbons (Fsp3) is 0.632. The number of thiophene rings is 1. The number of likely N-dealkylation sites (N-methyl/N-ethyl adjacent to an activating group) is 1. The molecule has 0 aromatic carbocycles. The summed E-state index contributed by atoms with van der Waals surface area (Å²) < 4.78 is 2.28. The molecule has 4 rings (SSSR count). The zero-order chi connectivity index (χ0) is 18.8. The molecule has 8 heteroatoms. The van der Waals surface area contributed by atoms with Gasteiger partial charge in [0.1, 0.15) is 5.82 Å². The fourth-order valence-corrected chi connectivity index (χ4v) is 5.25. The predicted molar refractivity (Wildman–Crippen MR) is 109 cm³/mol. The van der Waals surface area contributed by atoms with E-state index in [0.29, 0.717) is 6.04 Å². The second-order valence-corrected chi connectivity index (χ2v) is 9.62. The first-order chi connectivity index (χ1) is 13.2. The molecule has 1 saturated carbocycles. The van der Waals surface area contributed by atoms with E-state index in [2.05, 4.69) is 44.1 Å². The molecule has 146 valence electrons. The zero-order valence-corrected chi connectivity index (χ0v) is 17.6. The maximum absolute atomic E-state index is 12.9. The molecule has 3 heterocycles. The molecule has 1 unspecified atom stereocenters. The summed E-state index contributed by atoms with van der Waals surface area (Å²) >= 11 is 3.32. The Labute approximate surface area is 168 Å². The van der Waals surface area contributed by atoms with Gasteiger partial charge in [-0.15, -0.1) is 21.5 Å². The number of carbonyl (C=O) groups excluding carboxylic acids is 1. The van der Waals surface area contributed by atoms with Gasteiger partial charge in [0.2, 0.25) is 5.91 Å². The van der Waals surface area contributed by atoms with Crippen LogP contribution in [0.5, 0.6) is 0 Å². The lowest BCUT2D eigenvalue weighted by Crippen LogP contribution is -2.50. The molecule has 0 bridgehead atoms. The predicted octanol–water partition coefficient (Wildman–Crippen LogP) is 2.91. The van der Waals surface area contributed by atoms with E-state index < -0.39 is 0 Å². The van der Waals surface area contributed by atoms with Gasteiger partial charge in [-0.05, 0) is 37.8 Å². The normalized spacial score (nSPS) is 19.4. The highest BCUT2D eigenvalue weighted by Gasteiger charge is 2.32. The summed E-state index contributed by atoms with van der Waals surface area (Å²) in [4.78, 5) is 18.6. The van der Waals surface area contributed by atoms with Crippen LogP contribution in [0.15, 0.2) is 22.7 Å². The van der Waals surface area contributed by atoms with Crippen LogP contribution in [0.4, 0.5) is 0 Å². The van der Waals surface area contributed by atoms with Gasteiger partial charge in [-0.25, -0.2) is 0 Å². The van der Waals surface area contributed by atoms with E-state index in [1.54, 1.807) is 23.1 Å². The molecule has 1 amide bonds. The Morgan fingerprint density at radius 3 is 2.70 bits per heavy atom. The van der Waals surface area contributed by atoms with Crippen LogP contribution in [-0.4, -0.2) is 68.4 Å². The Morgan fingerprint density at radius 2 is 2.07 bits per heavy atom. The number of thioether (sulfide) groups is 1. The maximum Gasteiger partial charge on any atom is 0.235 e. The van der Waals surface area contributed by atoms with Crippen LogP contribution >= 0.6 is 23.1 Å². The van der Waals surface area contributed by atoms with Crippen LogP contribution in [0.2, 0.25) is 0 Å². The highest BCUT2D eigenvalue weighted by Crippen LogP contribution is 2.40. The SMILES string of the molecule is CCN1CCN(C(=O)C(C)Sc2nnc(Cc3cccs3)n2C2CC2)CC1. The molecule has 0 spiro atoms. The first kappa shape index (κ1) is 19.0. The maximum atomic E-state index is 12.9. The summed E-state index contributed by atoms with van der Waals surface area (Å²) in [6.45, 7) is 8.85. The van der Waals surface area contributed by atoms with Crippen molar-refractivity contribution in [3.8, 4) is 0 Å². The molecule has 2 fully saturated rings. The van der Waals surface area contributed by atoms with Gasteiger partial charge in [0.05, 0.1) is 5.25 Å². The topological polar surface area (TPSA) is 54.3 Å². The minimum atomic E-state index is -0.130. The lowest BCUT2D eigenvalue weighted by atomic mass is 10.3. The summed E-state index contributed by atoms with van der Waals surface area (Å²) in [6.07, 6.45) is 3.19. The molecule has 0 radical (unpaired) electrons. The number of hydrogen-bond acceptors (Lipinski definition) is 6. The average Bonchev–Trinajstić information content (AvgIpc) is 3.25. The Bertz CT molecular complexity index is 763. The first-order valence-electron chi connectivity index (χ1n) is 9.79. The smallest absolute Gasteiger partial charge is 0.235 e. The molecule has 2 aliphatic rings. The summed E-state index contributed by atoms with van der Waals surface area (Å²) in [6, 6.07) is 4.73. The van der Waals surface area contributed by atoms with Crippen LogP contribution in [0.1, 0.15) is 43.4 Å². The van der Waals surface area contributed by atoms with Crippen LogP contribution in [0.3, 0.4) is 0 Å². The van der Waals surface area contributed by atoms with E-state index in [1.165, 1.54) is 17.7 Å². The minimum absolute atomic E-state index is 0.130. The summed E-state index contributed by atoms with van der Waals surface area (Å²) in [5.41, 5.74) is 0. The highest BCUT2D eigenvalue weighted by atomic mass is 32.2. The fourth-order valence-electron chi connectivity index (χ4n) is 3.53. The number of nitrogens with zero attached hydrogens (tertiary/aromatic N) is 5. The van der Waals surface area contributed by atoms with Gasteiger partial charge in [0.25, 0.3) is 0 Å². The van der Waals surface area contributed by atoms with E-state index in [0.717, 1.165) is 50.1 Å². The number of piperazine rings is 1. The number of aromatic nitrogens is 3. The van der Waals surface area contributed by atoms with Gasteiger partial charge in [-0.3, -0.25) is 4.79 Å². The van der Waals surface area contributed by atoms with Gasteiger partial charge in [0, 0.05) is 43.5 Å². The average molecular weight is 406 g/mol. The quantitative estimate of drug-likeness (QED) is 0.663. The van der Waals surface area contributed by atoms with Crippen molar-refractivity contribution in [2.24, 2.45) is 0 Å². The van der Waals surface area contributed by atoms with Gasteiger partial charge in [-0.2, -0.15) is 0 Å².